The molecule has 0 aliphatic carbocycles. The maximum atomic E-state index is 13.6. The summed E-state index contributed by atoms with van der Waals surface area (Å²) in [4.78, 5) is 22.6. The van der Waals surface area contributed by atoms with Crippen molar-refractivity contribution in [2.45, 2.75) is 6.42 Å². The number of ether oxygens (including phenoxy) is 1. The van der Waals surface area contributed by atoms with E-state index in [1.807, 2.05) is 0 Å². The largest absolute Gasteiger partial charge is 0.480 e. The van der Waals surface area contributed by atoms with Crippen molar-refractivity contribution in [2.75, 3.05) is 11.9 Å². The van der Waals surface area contributed by atoms with Gasteiger partial charge in [0.2, 0.25) is 5.91 Å². The van der Waals surface area contributed by atoms with E-state index < -0.39 is 36.5 Å². The van der Waals surface area contributed by atoms with Gasteiger partial charge in [0, 0.05) is 16.7 Å². The highest BCUT2D eigenvalue weighted by molar-refractivity contribution is 6.30. The number of benzene rings is 2. The van der Waals surface area contributed by atoms with Crippen molar-refractivity contribution < 1.29 is 28.2 Å². The zero-order chi connectivity index (χ0) is 17.7. The van der Waals surface area contributed by atoms with Gasteiger partial charge < -0.3 is 15.2 Å². The number of carbonyl (C=O) groups is 2. The molecule has 0 saturated heterocycles. The summed E-state index contributed by atoms with van der Waals surface area (Å²) in [5.41, 5.74) is -0.223. The molecular formula is C16H12ClF2NO4. The van der Waals surface area contributed by atoms with Crippen LogP contribution in [0.1, 0.15) is 5.56 Å². The topological polar surface area (TPSA) is 75.6 Å². The van der Waals surface area contributed by atoms with Crippen LogP contribution in [0.2, 0.25) is 5.02 Å². The number of hydrogen-bond acceptors (Lipinski definition) is 3. The van der Waals surface area contributed by atoms with Crippen LogP contribution in [-0.4, -0.2) is 23.6 Å². The number of carboxylic acid groups (broad SMARTS) is 1. The van der Waals surface area contributed by atoms with Crippen molar-refractivity contribution in [1.82, 2.24) is 0 Å². The van der Waals surface area contributed by atoms with Crippen LogP contribution in [0.5, 0.6) is 5.75 Å². The lowest BCUT2D eigenvalue weighted by atomic mass is 10.1. The summed E-state index contributed by atoms with van der Waals surface area (Å²) in [5, 5.41) is 11.3. The van der Waals surface area contributed by atoms with Gasteiger partial charge in [-0.1, -0.05) is 17.7 Å². The third kappa shape index (κ3) is 4.66. The quantitative estimate of drug-likeness (QED) is 0.834. The second-order valence-electron chi connectivity index (χ2n) is 4.75. The SMILES string of the molecule is O=C(O)COc1cc(Cl)ccc1NC(=O)Cc1c(F)cccc1F. The van der Waals surface area contributed by atoms with Crippen LogP contribution < -0.4 is 10.1 Å². The van der Waals surface area contributed by atoms with Crippen LogP contribution in [0.4, 0.5) is 14.5 Å². The Bertz CT molecular complexity index is 762. The van der Waals surface area contributed by atoms with Crippen molar-refractivity contribution in [1.29, 1.82) is 0 Å². The number of carboxylic acids is 1. The molecule has 2 rings (SSSR count). The molecule has 0 saturated carbocycles. The first-order valence-corrected chi connectivity index (χ1v) is 7.11. The Morgan fingerprint density at radius 3 is 2.46 bits per heavy atom. The van der Waals surface area contributed by atoms with Crippen LogP contribution in [0.15, 0.2) is 36.4 Å². The number of carbonyl (C=O) groups excluding carboxylic acids is 1. The molecule has 0 bridgehead atoms. The summed E-state index contributed by atoms with van der Waals surface area (Å²) >= 11 is 5.80. The number of aliphatic carboxylic acids is 1. The molecule has 2 aromatic carbocycles. The Morgan fingerprint density at radius 2 is 1.83 bits per heavy atom. The standard InChI is InChI=1S/C16H12ClF2NO4/c17-9-4-5-13(14(6-9)24-8-16(22)23)20-15(21)7-10-11(18)2-1-3-12(10)19/h1-6H,7-8H2,(H,20,21)(H,22,23). The zero-order valence-corrected chi connectivity index (χ0v) is 12.9. The van der Waals surface area contributed by atoms with Crippen LogP contribution in [0, 0.1) is 11.6 Å². The summed E-state index contributed by atoms with van der Waals surface area (Å²) in [6.45, 7) is -0.634. The Balaban J connectivity index is 2.15. The van der Waals surface area contributed by atoms with Crippen LogP contribution >= 0.6 is 11.6 Å². The summed E-state index contributed by atoms with van der Waals surface area (Å²) in [6.07, 6.45) is -0.528. The Labute approximate surface area is 140 Å². The van der Waals surface area contributed by atoms with Crippen molar-refractivity contribution in [3.05, 3.63) is 58.6 Å². The Kier molecular flexibility index (Phi) is 5.70. The smallest absolute Gasteiger partial charge is 0.341 e. The van der Waals surface area contributed by atoms with Crippen LogP contribution in [0.25, 0.3) is 0 Å². The molecule has 0 heterocycles. The van der Waals surface area contributed by atoms with E-state index >= 15 is 0 Å². The fourth-order valence-corrected chi connectivity index (χ4v) is 2.08. The summed E-state index contributed by atoms with van der Waals surface area (Å²) in [5.74, 6) is -3.53. The van der Waals surface area contributed by atoms with Gasteiger partial charge in [-0.25, -0.2) is 13.6 Å². The third-order valence-electron chi connectivity index (χ3n) is 2.97. The van der Waals surface area contributed by atoms with Gasteiger partial charge in [-0.05, 0) is 24.3 Å². The molecule has 0 aliphatic heterocycles. The van der Waals surface area contributed by atoms with Gasteiger partial charge in [0.1, 0.15) is 17.4 Å². The molecule has 0 unspecified atom stereocenters. The predicted molar refractivity (Wildman–Crippen MR) is 83.3 cm³/mol. The summed E-state index contributed by atoms with van der Waals surface area (Å²) in [7, 11) is 0. The molecule has 8 heteroatoms. The van der Waals surface area contributed by atoms with E-state index in [2.05, 4.69) is 5.32 Å². The lowest BCUT2D eigenvalue weighted by Gasteiger charge is -2.12. The van der Waals surface area contributed by atoms with Gasteiger partial charge in [-0.3, -0.25) is 4.79 Å². The molecular weight excluding hydrogens is 344 g/mol. The van der Waals surface area contributed by atoms with E-state index in [1.165, 1.54) is 24.3 Å². The molecule has 0 aliphatic rings. The van der Waals surface area contributed by atoms with Crippen molar-refractivity contribution in [3.63, 3.8) is 0 Å². The molecule has 2 N–H and O–H groups in total. The van der Waals surface area contributed by atoms with Crippen molar-refractivity contribution in [2.24, 2.45) is 0 Å². The molecule has 0 fully saturated rings. The fraction of sp³-hybridized carbons (Fsp3) is 0.125. The first-order chi connectivity index (χ1) is 11.4. The van der Waals surface area contributed by atoms with E-state index in [0.717, 1.165) is 12.1 Å². The number of halogens is 3. The van der Waals surface area contributed by atoms with Crippen LogP contribution in [0.3, 0.4) is 0 Å². The van der Waals surface area contributed by atoms with Crippen molar-refractivity contribution >= 4 is 29.2 Å². The molecule has 0 atom stereocenters. The maximum absolute atomic E-state index is 13.6. The number of hydrogen-bond donors (Lipinski definition) is 2. The monoisotopic (exact) mass is 355 g/mol. The molecule has 126 valence electrons. The Morgan fingerprint density at radius 1 is 1.17 bits per heavy atom. The average molecular weight is 356 g/mol. The highest BCUT2D eigenvalue weighted by atomic mass is 35.5. The van der Waals surface area contributed by atoms with Gasteiger partial charge in [-0.15, -0.1) is 0 Å². The average Bonchev–Trinajstić information content (AvgIpc) is 2.51. The molecule has 0 radical (unpaired) electrons. The highest BCUT2D eigenvalue weighted by Gasteiger charge is 2.15. The first kappa shape index (κ1) is 17.7. The molecule has 0 spiro atoms. The molecule has 1 amide bonds. The fourth-order valence-electron chi connectivity index (χ4n) is 1.91. The second-order valence-corrected chi connectivity index (χ2v) is 5.18. The first-order valence-electron chi connectivity index (χ1n) is 6.73. The van der Waals surface area contributed by atoms with Crippen LogP contribution in [-0.2, 0) is 16.0 Å². The van der Waals surface area contributed by atoms with Gasteiger partial charge in [0.25, 0.3) is 0 Å². The minimum Gasteiger partial charge on any atom is -0.480 e. The normalized spacial score (nSPS) is 10.3. The molecule has 5 nitrogen and oxygen atoms in total. The minimum atomic E-state index is -1.21. The number of nitrogens with one attached hydrogen (secondary N) is 1. The van der Waals surface area contributed by atoms with E-state index in [4.69, 9.17) is 21.4 Å². The van der Waals surface area contributed by atoms with E-state index in [0.29, 0.717) is 0 Å². The number of rotatable bonds is 6. The van der Waals surface area contributed by atoms with E-state index in [-0.39, 0.29) is 22.0 Å². The Hall–Kier alpha value is -2.67. The lowest BCUT2D eigenvalue weighted by Crippen LogP contribution is -2.18. The van der Waals surface area contributed by atoms with E-state index in [1.54, 1.807) is 0 Å². The van der Waals surface area contributed by atoms with Crippen molar-refractivity contribution in [3.8, 4) is 5.75 Å². The zero-order valence-electron chi connectivity index (χ0n) is 12.2. The third-order valence-corrected chi connectivity index (χ3v) is 3.20. The summed E-state index contributed by atoms with van der Waals surface area (Å²) in [6, 6.07) is 7.47. The summed E-state index contributed by atoms with van der Waals surface area (Å²) < 4.78 is 32.2. The maximum Gasteiger partial charge on any atom is 0.341 e. The lowest BCUT2D eigenvalue weighted by molar-refractivity contribution is -0.139. The molecule has 2 aromatic rings. The molecule has 24 heavy (non-hydrogen) atoms. The number of anilines is 1. The highest BCUT2D eigenvalue weighted by Crippen LogP contribution is 2.28. The minimum absolute atomic E-state index is 0.0345. The van der Waals surface area contributed by atoms with Gasteiger partial charge in [-0.2, -0.15) is 0 Å². The second kappa shape index (κ2) is 7.74. The van der Waals surface area contributed by atoms with E-state index in [9.17, 15) is 18.4 Å². The number of amides is 1. The molecule has 0 aromatic heterocycles. The van der Waals surface area contributed by atoms with Gasteiger partial charge in [0.05, 0.1) is 12.1 Å². The van der Waals surface area contributed by atoms with Gasteiger partial charge in [0.15, 0.2) is 6.61 Å². The van der Waals surface area contributed by atoms with Gasteiger partial charge >= 0.3 is 5.97 Å². The predicted octanol–water partition coefficient (Wildman–Crippen LogP) is 3.26.